The number of esters is 1. The molecule has 7 heteroatoms. The lowest BCUT2D eigenvalue weighted by atomic mass is 9.93. The Morgan fingerprint density at radius 1 is 0.907 bits per heavy atom. The number of nitrogens with zero attached hydrogens (tertiary/aromatic N) is 2. The van der Waals surface area contributed by atoms with Crippen LogP contribution >= 0.6 is 0 Å². The van der Waals surface area contributed by atoms with Gasteiger partial charge in [0.2, 0.25) is 0 Å². The Kier molecular flexibility index (Phi) is 9.82. The van der Waals surface area contributed by atoms with Crippen LogP contribution in [0.1, 0.15) is 72.0 Å². The highest BCUT2D eigenvalue weighted by molar-refractivity contribution is 6.05. The SMILES string of the molecule is CCOC(=O)c1[nH]c2c(-c3c(CCCCCCO)nn(C)c3C)c(C)ccc2c1CCCOc1cccc2ccccc12. The highest BCUT2D eigenvalue weighted by Gasteiger charge is 2.25. The van der Waals surface area contributed by atoms with Crippen molar-refractivity contribution in [2.45, 2.75) is 65.7 Å². The van der Waals surface area contributed by atoms with Crippen LogP contribution in [-0.2, 0) is 24.6 Å². The number of aromatic amines is 1. The molecule has 0 unspecified atom stereocenters. The summed E-state index contributed by atoms with van der Waals surface area (Å²) in [6, 6.07) is 18.6. The van der Waals surface area contributed by atoms with E-state index in [1.54, 1.807) is 0 Å². The molecule has 0 fully saturated rings. The standard InChI is InChI=1S/C36H43N3O4/c1-5-42-36(41)35-28(17-13-23-43-31-19-12-15-26-14-9-10-16-27(26)31)29-21-20-24(2)32(34(29)37-35)33-25(3)39(4)38-30(33)18-8-6-7-11-22-40/h9-10,12,14-16,19-21,37,40H,5-8,11,13,17-18,22-23H2,1-4H3. The van der Waals surface area contributed by atoms with Gasteiger partial charge in [0.05, 0.1) is 24.4 Å². The van der Waals surface area contributed by atoms with Gasteiger partial charge in [-0.2, -0.15) is 5.10 Å². The number of fused-ring (bicyclic) bond motifs is 2. The Morgan fingerprint density at radius 3 is 2.51 bits per heavy atom. The molecule has 0 bridgehead atoms. The summed E-state index contributed by atoms with van der Waals surface area (Å²) in [5.41, 5.74) is 7.95. The third kappa shape index (κ3) is 6.47. The molecule has 3 aromatic carbocycles. The van der Waals surface area contributed by atoms with Crippen molar-refractivity contribution in [3.05, 3.63) is 82.8 Å². The molecule has 0 radical (unpaired) electrons. The van der Waals surface area contributed by atoms with E-state index in [1.165, 1.54) is 0 Å². The molecule has 0 aliphatic carbocycles. The van der Waals surface area contributed by atoms with E-state index in [0.717, 1.165) is 99.6 Å². The maximum atomic E-state index is 13.2. The number of carbonyl (C=O) groups is 1. The summed E-state index contributed by atoms with van der Waals surface area (Å²) in [6.45, 7) is 7.14. The smallest absolute Gasteiger partial charge is 0.355 e. The number of hydrogen-bond acceptors (Lipinski definition) is 5. The number of hydrogen-bond donors (Lipinski definition) is 2. The van der Waals surface area contributed by atoms with Crippen molar-refractivity contribution in [3.63, 3.8) is 0 Å². The highest BCUT2D eigenvalue weighted by atomic mass is 16.5. The summed E-state index contributed by atoms with van der Waals surface area (Å²) < 4.78 is 13.7. The number of benzene rings is 3. The molecule has 0 atom stereocenters. The summed E-state index contributed by atoms with van der Waals surface area (Å²) in [6.07, 6.45) is 6.20. The molecule has 7 nitrogen and oxygen atoms in total. The van der Waals surface area contributed by atoms with Crippen molar-refractivity contribution < 1.29 is 19.4 Å². The Hall–Kier alpha value is -4.10. The molecule has 43 heavy (non-hydrogen) atoms. The number of aryl methyl sites for hydroxylation is 4. The fraction of sp³-hybridized carbons (Fsp3) is 0.389. The number of nitrogens with one attached hydrogen (secondary N) is 1. The monoisotopic (exact) mass is 581 g/mol. The van der Waals surface area contributed by atoms with Crippen LogP contribution in [0.25, 0.3) is 32.8 Å². The number of ether oxygens (including phenoxy) is 2. The van der Waals surface area contributed by atoms with E-state index in [1.807, 2.05) is 42.9 Å². The van der Waals surface area contributed by atoms with E-state index < -0.39 is 0 Å². The largest absolute Gasteiger partial charge is 0.493 e. The zero-order valence-electron chi connectivity index (χ0n) is 25.8. The van der Waals surface area contributed by atoms with Gasteiger partial charge in [0.15, 0.2) is 0 Å². The summed E-state index contributed by atoms with van der Waals surface area (Å²) in [5.74, 6) is 0.538. The molecular weight excluding hydrogens is 538 g/mol. The van der Waals surface area contributed by atoms with Gasteiger partial charge in [0.25, 0.3) is 0 Å². The Bertz CT molecular complexity index is 1710. The van der Waals surface area contributed by atoms with Crippen LogP contribution in [0.5, 0.6) is 5.75 Å². The summed E-state index contributed by atoms with van der Waals surface area (Å²) in [5, 5.41) is 17.3. The zero-order chi connectivity index (χ0) is 30.3. The number of aliphatic hydroxyl groups excluding tert-OH is 1. The van der Waals surface area contributed by atoms with Gasteiger partial charge in [-0.3, -0.25) is 4.68 Å². The predicted molar refractivity (Wildman–Crippen MR) is 173 cm³/mol. The predicted octanol–water partition coefficient (Wildman–Crippen LogP) is 7.62. The lowest BCUT2D eigenvalue weighted by Crippen LogP contribution is -2.09. The number of aliphatic hydroxyl groups is 1. The van der Waals surface area contributed by atoms with Gasteiger partial charge in [0, 0.05) is 41.2 Å². The number of unbranched alkanes of at least 4 members (excludes halogenated alkanes) is 3. The van der Waals surface area contributed by atoms with Crippen molar-refractivity contribution in [1.29, 1.82) is 0 Å². The maximum Gasteiger partial charge on any atom is 0.355 e. The van der Waals surface area contributed by atoms with Gasteiger partial charge in [-0.15, -0.1) is 0 Å². The highest BCUT2D eigenvalue weighted by Crippen LogP contribution is 2.39. The molecule has 0 aliphatic rings. The first-order valence-corrected chi connectivity index (χ1v) is 15.5. The molecule has 2 heterocycles. The van der Waals surface area contributed by atoms with E-state index in [4.69, 9.17) is 19.7 Å². The summed E-state index contributed by atoms with van der Waals surface area (Å²) in [4.78, 5) is 16.7. The molecule has 0 amide bonds. The molecule has 0 aliphatic heterocycles. The summed E-state index contributed by atoms with van der Waals surface area (Å²) >= 11 is 0. The second-order valence-electron chi connectivity index (χ2n) is 11.2. The minimum atomic E-state index is -0.334. The van der Waals surface area contributed by atoms with E-state index >= 15 is 0 Å². The van der Waals surface area contributed by atoms with E-state index in [-0.39, 0.29) is 12.6 Å². The molecule has 0 spiro atoms. The lowest BCUT2D eigenvalue weighted by molar-refractivity contribution is 0.0519. The second-order valence-corrected chi connectivity index (χ2v) is 11.2. The first-order chi connectivity index (χ1) is 20.9. The van der Waals surface area contributed by atoms with Crippen LogP contribution in [0.15, 0.2) is 54.6 Å². The molecule has 0 saturated heterocycles. The number of aromatic nitrogens is 3. The molecule has 226 valence electrons. The summed E-state index contributed by atoms with van der Waals surface area (Å²) in [7, 11) is 1.99. The molecule has 0 saturated carbocycles. The number of carbonyl (C=O) groups excluding carboxylic acids is 1. The van der Waals surface area contributed by atoms with Crippen LogP contribution in [0.2, 0.25) is 0 Å². The molecule has 5 rings (SSSR count). The molecule has 5 aromatic rings. The van der Waals surface area contributed by atoms with Crippen LogP contribution in [0, 0.1) is 13.8 Å². The quantitative estimate of drug-likeness (QED) is 0.104. The van der Waals surface area contributed by atoms with E-state index in [9.17, 15) is 4.79 Å². The minimum Gasteiger partial charge on any atom is -0.493 e. The number of rotatable bonds is 14. The van der Waals surface area contributed by atoms with Gasteiger partial charge in [-0.05, 0) is 75.5 Å². The van der Waals surface area contributed by atoms with E-state index in [2.05, 4.69) is 49.2 Å². The van der Waals surface area contributed by atoms with Gasteiger partial charge in [-0.25, -0.2) is 4.79 Å². The van der Waals surface area contributed by atoms with Crippen molar-refractivity contribution in [1.82, 2.24) is 14.8 Å². The van der Waals surface area contributed by atoms with Crippen molar-refractivity contribution in [2.24, 2.45) is 7.05 Å². The normalized spacial score (nSPS) is 11.5. The lowest BCUT2D eigenvalue weighted by Gasteiger charge is -2.11. The first-order valence-electron chi connectivity index (χ1n) is 15.5. The van der Waals surface area contributed by atoms with Crippen LogP contribution < -0.4 is 4.74 Å². The second kappa shape index (κ2) is 13.9. The average molecular weight is 582 g/mol. The minimum absolute atomic E-state index is 0.238. The first kappa shape index (κ1) is 30.4. The van der Waals surface area contributed by atoms with Crippen LogP contribution in [-0.4, -0.2) is 45.7 Å². The Morgan fingerprint density at radius 2 is 1.70 bits per heavy atom. The van der Waals surface area contributed by atoms with Crippen molar-refractivity contribution in [2.75, 3.05) is 19.8 Å². The Balaban J connectivity index is 1.47. The molecule has 2 aromatic heterocycles. The average Bonchev–Trinajstić information content (AvgIpc) is 3.51. The Labute approximate surface area is 253 Å². The fourth-order valence-electron chi connectivity index (χ4n) is 6.07. The molecular formula is C36H43N3O4. The fourth-order valence-corrected chi connectivity index (χ4v) is 6.07. The third-order valence-electron chi connectivity index (χ3n) is 8.33. The van der Waals surface area contributed by atoms with Gasteiger partial charge in [0.1, 0.15) is 11.4 Å². The van der Waals surface area contributed by atoms with Gasteiger partial charge >= 0.3 is 5.97 Å². The van der Waals surface area contributed by atoms with E-state index in [0.29, 0.717) is 25.3 Å². The van der Waals surface area contributed by atoms with Gasteiger partial charge < -0.3 is 19.6 Å². The van der Waals surface area contributed by atoms with Crippen molar-refractivity contribution >= 4 is 27.6 Å². The van der Waals surface area contributed by atoms with Crippen LogP contribution in [0.4, 0.5) is 0 Å². The van der Waals surface area contributed by atoms with Crippen LogP contribution in [0.3, 0.4) is 0 Å². The number of H-pyrrole nitrogens is 1. The third-order valence-corrected chi connectivity index (χ3v) is 8.33. The molecule has 2 N–H and O–H groups in total. The van der Waals surface area contributed by atoms with Crippen molar-refractivity contribution in [3.8, 4) is 16.9 Å². The topological polar surface area (TPSA) is 89.4 Å². The van der Waals surface area contributed by atoms with Gasteiger partial charge in [-0.1, -0.05) is 61.4 Å². The zero-order valence-corrected chi connectivity index (χ0v) is 25.8. The maximum absolute atomic E-state index is 13.2.